The molecule has 4 heteroatoms. The van der Waals surface area contributed by atoms with E-state index < -0.39 is 0 Å². The maximum absolute atomic E-state index is 11.9. The van der Waals surface area contributed by atoms with Crippen LogP contribution in [0.4, 0.5) is 0 Å². The predicted octanol–water partition coefficient (Wildman–Crippen LogP) is 4.72. The molecular weight excluding hydrogens is 521 g/mol. The summed E-state index contributed by atoms with van der Waals surface area (Å²) in [6.45, 7) is 11.5. The Kier molecular flexibility index (Phi) is 21.5. The van der Waals surface area contributed by atoms with Gasteiger partial charge in [0.1, 0.15) is 13.2 Å². The van der Waals surface area contributed by atoms with Gasteiger partial charge in [-0.3, -0.25) is 4.79 Å². The van der Waals surface area contributed by atoms with Gasteiger partial charge in [0.2, 0.25) is 0 Å². The topological polar surface area (TPSA) is 26.3 Å². The monoisotopic (exact) mass is 573 g/mol. The highest BCUT2D eigenvalue weighted by molar-refractivity contribution is 5.69. The molecule has 3 nitrogen and oxygen atoms in total. The van der Waals surface area contributed by atoms with Crippen molar-refractivity contribution in [3.8, 4) is 0 Å². The van der Waals surface area contributed by atoms with Crippen LogP contribution in [0.2, 0.25) is 0 Å². The van der Waals surface area contributed by atoms with Crippen LogP contribution in [0.1, 0.15) is 110 Å². The average molecular weight is 574 g/mol. The van der Waals surface area contributed by atoms with Crippen LogP contribution in [0.15, 0.2) is 30.3 Å². The molecule has 0 amide bonds. The number of quaternary nitrogens is 1. The minimum Gasteiger partial charge on any atom is -1.00 e. The van der Waals surface area contributed by atoms with Crippen LogP contribution in [0.5, 0.6) is 0 Å². The molecule has 0 atom stereocenters. The normalized spacial score (nSPS) is 11.2. The molecule has 0 aliphatic rings. The first-order valence-electron chi connectivity index (χ1n) is 13.7. The lowest BCUT2D eigenvalue weighted by molar-refractivity contribution is -0.923. The van der Waals surface area contributed by atoms with Gasteiger partial charge >= 0.3 is 5.97 Å². The van der Waals surface area contributed by atoms with Gasteiger partial charge in [-0.2, -0.15) is 0 Å². The Hall–Kier alpha value is -0.620. The molecule has 0 saturated carbocycles. The second kappa shape index (κ2) is 21.9. The van der Waals surface area contributed by atoms with Crippen molar-refractivity contribution in [2.45, 2.75) is 111 Å². The molecule has 1 aromatic carbocycles. The first-order chi connectivity index (χ1) is 15.7. The minimum atomic E-state index is -0.00447. The van der Waals surface area contributed by atoms with E-state index in [2.05, 4.69) is 51.1 Å². The third kappa shape index (κ3) is 16.6. The maximum atomic E-state index is 11.9. The van der Waals surface area contributed by atoms with Crippen molar-refractivity contribution >= 4 is 5.97 Å². The van der Waals surface area contributed by atoms with Gasteiger partial charge < -0.3 is 33.2 Å². The van der Waals surface area contributed by atoms with Gasteiger partial charge in [-0.25, -0.2) is 0 Å². The smallest absolute Gasteiger partial charge is 0.305 e. The van der Waals surface area contributed by atoms with E-state index in [4.69, 9.17) is 4.74 Å². The molecule has 0 N–H and O–H groups in total. The van der Waals surface area contributed by atoms with Gasteiger partial charge in [0.25, 0.3) is 0 Å². The Morgan fingerprint density at radius 3 is 1.64 bits per heavy atom. The molecule has 0 spiro atoms. The largest absolute Gasteiger partial charge is 1.00 e. The number of nitrogens with zero attached hydrogens (tertiary/aromatic N) is 1. The number of ether oxygens (including phenoxy) is 1. The molecule has 0 fully saturated rings. The summed E-state index contributed by atoms with van der Waals surface area (Å²) >= 11 is 0. The molecular formula is C29H52INO2. The van der Waals surface area contributed by atoms with E-state index >= 15 is 0 Å². The average Bonchev–Trinajstić information content (AvgIpc) is 2.83. The van der Waals surface area contributed by atoms with E-state index in [1.807, 2.05) is 0 Å². The van der Waals surface area contributed by atoms with Gasteiger partial charge in [0.05, 0.1) is 19.6 Å². The minimum absolute atomic E-state index is 0. The third-order valence-electron chi connectivity index (χ3n) is 7.28. The number of halogens is 1. The summed E-state index contributed by atoms with van der Waals surface area (Å²) in [6.07, 6.45) is 17.5. The van der Waals surface area contributed by atoms with Crippen molar-refractivity contribution in [1.82, 2.24) is 0 Å². The fraction of sp³-hybridized carbons (Fsp3) is 0.759. The van der Waals surface area contributed by atoms with Crippen molar-refractivity contribution in [3.63, 3.8) is 0 Å². The van der Waals surface area contributed by atoms with Gasteiger partial charge in [-0.1, -0.05) is 94.5 Å². The lowest BCUT2D eigenvalue weighted by Crippen LogP contribution is -3.00. The zero-order chi connectivity index (χ0) is 23.3. The number of carbonyl (C=O) groups is 1. The SMILES string of the molecule is CC[N+](CC)(CC)CCOC(=O)CCCCCCCCCCCCCCc1ccccc1.[I-]. The number of unbranched alkanes of at least 4 members (excludes halogenated alkanes) is 11. The zero-order valence-corrected chi connectivity index (χ0v) is 24.1. The Labute approximate surface area is 222 Å². The summed E-state index contributed by atoms with van der Waals surface area (Å²) in [4.78, 5) is 11.9. The van der Waals surface area contributed by atoms with Crippen LogP contribution in [0.25, 0.3) is 0 Å². The second-order valence-electron chi connectivity index (χ2n) is 9.46. The second-order valence-corrected chi connectivity index (χ2v) is 9.46. The summed E-state index contributed by atoms with van der Waals surface area (Å²) in [5.41, 5.74) is 1.48. The lowest BCUT2D eigenvalue weighted by atomic mass is 10.0. The molecule has 0 heterocycles. The first-order valence-corrected chi connectivity index (χ1v) is 13.7. The molecule has 0 aliphatic carbocycles. The number of aryl methyl sites for hydroxylation is 1. The summed E-state index contributed by atoms with van der Waals surface area (Å²) in [7, 11) is 0. The molecule has 1 rings (SSSR count). The number of benzene rings is 1. The number of hydrogen-bond donors (Lipinski definition) is 0. The van der Waals surface area contributed by atoms with Crippen molar-refractivity contribution in [2.75, 3.05) is 32.8 Å². The van der Waals surface area contributed by atoms with E-state index in [1.165, 1.54) is 76.2 Å². The van der Waals surface area contributed by atoms with Crippen molar-refractivity contribution in [2.24, 2.45) is 0 Å². The maximum Gasteiger partial charge on any atom is 0.305 e. The van der Waals surface area contributed by atoms with E-state index in [0.29, 0.717) is 13.0 Å². The Morgan fingerprint density at radius 2 is 1.15 bits per heavy atom. The number of esters is 1. The molecule has 33 heavy (non-hydrogen) atoms. The molecule has 0 radical (unpaired) electrons. The summed E-state index contributed by atoms with van der Waals surface area (Å²) in [6, 6.07) is 10.9. The van der Waals surface area contributed by atoms with Crippen LogP contribution < -0.4 is 24.0 Å². The number of rotatable bonds is 21. The van der Waals surface area contributed by atoms with Gasteiger partial charge in [-0.15, -0.1) is 0 Å². The van der Waals surface area contributed by atoms with E-state index in [1.54, 1.807) is 0 Å². The van der Waals surface area contributed by atoms with Gasteiger partial charge in [0.15, 0.2) is 0 Å². The fourth-order valence-electron chi connectivity index (χ4n) is 4.58. The van der Waals surface area contributed by atoms with E-state index in [0.717, 1.165) is 43.5 Å². The molecule has 0 aromatic heterocycles. The number of carbonyl (C=O) groups excluding carboxylic acids is 1. The third-order valence-corrected chi connectivity index (χ3v) is 7.28. The summed E-state index contributed by atoms with van der Waals surface area (Å²) in [5, 5.41) is 0. The lowest BCUT2D eigenvalue weighted by Gasteiger charge is -2.35. The first kappa shape index (κ1) is 32.4. The summed E-state index contributed by atoms with van der Waals surface area (Å²) in [5.74, 6) is -0.00447. The fourth-order valence-corrected chi connectivity index (χ4v) is 4.58. The quantitative estimate of drug-likeness (QED) is 0.0921. The molecule has 0 saturated heterocycles. The highest BCUT2D eigenvalue weighted by Gasteiger charge is 2.20. The molecule has 0 unspecified atom stereocenters. The number of likely N-dealkylation sites (N-methyl/N-ethyl adjacent to an activating group) is 1. The van der Waals surface area contributed by atoms with E-state index in [-0.39, 0.29) is 29.9 Å². The van der Waals surface area contributed by atoms with Crippen molar-refractivity contribution in [1.29, 1.82) is 0 Å². The highest BCUT2D eigenvalue weighted by atomic mass is 127. The molecule has 1 aromatic rings. The van der Waals surface area contributed by atoms with Crippen LogP contribution >= 0.6 is 0 Å². The Balaban J connectivity index is 0.0000102. The molecule has 0 bridgehead atoms. The Bertz CT molecular complexity index is 552. The van der Waals surface area contributed by atoms with Crippen LogP contribution in [-0.4, -0.2) is 43.2 Å². The van der Waals surface area contributed by atoms with Crippen LogP contribution in [-0.2, 0) is 16.0 Å². The van der Waals surface area contributed by atoms with Crippen molar-refractivity contribution in [3.05, 3.63) is 35.9 Å². The standard InChI is InChI=1S/C29H52NO2.HI/c1-4-30(5-2,6-3)26-27-32-29(31)25-21-16-14-12-10-8-7-9-11-13-15-18-22-28-23-19-17-20-24-28;/h17,19-20,23-24H,4-16,18,21-22,25-27H2,1-3H3;1H/q+1;/p-1. The molecule has 0 aliphatic heterocycles. The van der Waals surface area contributed by atoms with Crippen LogP contribution in [0, 0.1) is 0 Å². The van der Waals surface area contributed by atoms with Gasteiger partial charge in [0, 0.05) is 6.42 Å². The van der Waals surface area contributed by atoms with Gasteiger partial charge in [-0.05, 0) is 45.6 Å². The molecule has 192 valence electrons. The van der Waals surface area contributed by atoms with Crippen LogP contribution in [0.3, 0.4) is 0 Å². The highest BCUT2D eigenvalue weighted by Crippen LogP contribution is 2.14. The zero-order valence-electron chi connectivity index (χ0n) is 22.0. The number of hydrogen-bond acceptors (Lipinski definition) is 2. The van der Waals surface area contributed by atoms with Crippen molar-refractivity contribution < 1.29 is 38.0 Å². The predicted molar refractivity (Wildman–Crippen MR) is 138 cm³/mol. The Morgan fingerprint density at radius 1 is 0.697 bits per heavy atom. The summed E-state index contributed by atoms with van der Waals surface area (Å²) < 4.78 is 6.52. The van der Waals surface area contributed by atoms with E-state index in [9.17, 15) is 4.79 Å².